The van der Waals surface area contributed by atoms with Crippen molar-refractivity contribution in [2.24, 2.45) is 0 Å². The van der Waals surface area contributed by atoms with Gasteiger partial charge in [-0.1, -0.05) is 31.5 Å². The molecular weight excluding hydrogens is 384 g/mol. The molecule has 7 heteroatoms. The third-order valence-electron chi connectivity index (χ3n) is 4.57. The van der Waals surface area contributed by atoms with E-state index in [2.05, 4.69) is 0 Å². The van der Waals surface area contributed by atoms with Gasteiger partial charge in [-0.05, 0) is 38.1 Å². The molecule has 7 nitrogen and oxygen atoms in total. The number of esters is 2. The van der Waals surface area contributed by atoms with Gasteiger partial charge in [0.15, 0.2) is 5.69 Å². The number of carbonyl (C=O) groups excluding carboxylic acids is 2. The third-order valence-corrected chi connectivity index (χ3v) is 4.57. The molecule has 0 fully saturated rings. The van der Waals surface area contributed by atoms with Crippen LogP contribution in [0.3, 0.4) is 0 Å². The van der Waals surface area contributed by atoms with Crippen molar-refractivity contribution >= 4 is 28.5 Å². The van der Waals surface area contributed by atoms with Crippen LogP contribution in [0, 0.1) is 13.8 Å². The molecule has 160 valence electrons. The van der Waals surface area contributed by atoms with Crippen LogP contribution < -0.4 is 10.2 Å². The largest absolute Gasteiger partial charge is 0.461 e. The Morgan fingerprint density at radius 1 is 1.00 bits per heavy atom. The fourth-order valence-corrected chi connectivity index (χ4v) is 3.32. The maximum Gasteiger partial charge on any atom is 0.308 e. The molecule has 0 saturated heterocycles. The summed E-state index contributed by atoms with van der Waals surface area (Å²) in [6.45, 7) is 10.5. The van der Waals surface area contributed by atoms with Crippen molar-refractivity contribution in [3.8, 4) is 11.4 Å². The lowest BCUT2D eigenvalue weighted by Gasteiger charge is -2.14. The highest BCUT2D eigenvalue weighted by Crippen LogP contribution is 2.37. The molecule has 0 aliphatic rings. The number of quaternary nitrogens is 1. The van der Waals surface area contributed by atoms with Gasteiger partial charge in [-0.25, -0.2) is 5.21 Å². The molecular formula is C23H29N2O5+. The first-order chi connectivity index (χ1) is 14.3. The van der Waals surface area contributed by atoms with E-state index in [1.54, 1.807) is 12.1 Å². The molecule has 3 N–H and O–H groups in total. The highest BCUT2D eigenvalue weighted by Gasteiger charge is 2.24. The molecule has 0 bridgehead atoms. The van der Waals surface area contributed by atoms with Crippen LogP contribution in [0.25, 0.3) is 16.6 Å². The Labute approximate surface area is 176 Å². The van der Waals surface area contributed by atoms with Crippen LogP contribution in [0.15, 0.2) is 36.4 Å². The zero-order chi connectivity index (χ0) is 22.4. The van der Waals surface area contributed by atoms with Gasteiger partial charge in [0.1, 0.15) is 12.4 Å². The summed E-state index contributed by atoms with van der Waals surface area (Å²) in [6.07, 6.45) is 0. The Morgan fingerprint density at radius 2 is 1.63 bits per heavy atom. The van der Waals surface area contributed by atoms with E-state index >= 15 is 0 Å². The summed E-state index contributed by atoms with van der Waals surface area (Å²) in [5.41, 5.74) is 5.78. The molecule has 0 saturated carbocycles. The minimum absolute atomic E-state index is 0.0600. The van der Waals surface area contributed by atoms with E-state index in [9.17, 15) is 14.8 Å². The van der Waals surface area contributed by atoms with Crippen LogP contribution in [-0.2, 0) is 20.9 Å². The zero-order valence-corrected chi connectivity index (χ0v) is 18.3. The first-order valence-electron chi connectivity index (χ1n) is 9.86. The van der Waals surface area contributed by atoms with Crippen LogP contribution in [0.1, 0.15) is 44.5 Å². The maximum atomic E-state index is 11.6. The van der Waals surface area contributed by atoms with Gasteiger partial charge in [0, 0.05) is 19.5 Å². The summed E-state index contributed by atoms with van der Waals surface area (Å²) in [7, 11) is 0. The number of rotatable bonds is 5. The first-order valence-corrected chi connectivity index (χ1v) is 9.86. The van der Waals surface area contributed by atoms with Crippen molar-refractivity contribution in [3.05, 3.63) is 53.2 Å². The number of aromatic nitrogens is 1. The molecule has 0 spiro atoms. The second-order valence-corrected chi connectivity index (χ2v) is 6.61. The summed E-state index contributed by atoms with van der Waals surface area (Å²) >= 11 is 0. The van der Waals surface area contributed by atoms with Gasteiger partial charge in [-0.15, -0.1) is 0 Å². The van der Waals surface area contributed by atoms with Gasteiger partial charge >= 0.3 is 11.9 Å². The van der Waals surface area contributed by atoms with E-state index in [0.717, 1.165) is 27.8 Å². The maximum absolute atomic E-state index is 11.6. The Kier molecular flexibility index (Phi) is 7.74. The second kappa shape index (κ2) is 10.0. The predicted molar refractivity (Wildman–Crippen MR) is 114 cm³/mol. The van der Waals surface area contributed by atoms with Crippen LogP contribution in [0.5, 0.6) is 5.75 Å². The van der Waals surface area contributed by atoms with E-state index in [4.69, 9.17) is 9.47 Å². The average molecular weight is 413 g/mol. The number of nitrogens with zero attached hydrogens (tertiary/aromatic N) is 1. The van der Waals surface area contributed by atoms with E-state index < -0.39 is 11.9 Å². The number of nitrogens with two attached hydrogens (primary N) is 1. The normalized spacial score (nSPS) is 10.4. The standard InChI is InChI=1S/C21H22N2O5.C2H6/c1-12-5-7-16(8-6-12)23-13(2)20(22-26)17-9-10-19(28-15(4)25)18(21(17)23)11-27-14(3)24;1-2/h5-10,22,26H,11H2,1-4H3;1-2H3/p+1. The summed E-state index contributed by atoms with van der Waals surface area (Å²) < 4.78 is 12.6. The van der Waals surface area contributed by atoms with Crippen LogP contribution in [0.4, 0.5) is 5.69 Å². The SMILES string of the molecule is CC.CC(=O)OCc1c(OC(C)=O)ccc2c([NH2+]O)c(C)n(-c3ccc(C)cc3)c12. The number of carbonyl (C=O) groups is 2. The fraction of sp³-hybridized carbons (Fsp3) is 0.304. The Morgan fingerprint density at radius 3 is 2.17 bits per heavy atom. The number of benzene rings is 2. The van der Waals surface area contributed by atoms with Crippen molar-refractivity contribution in [3.63, 3.8) is 0 Å². The highest BCUT2D eigenvalue weighted by molar-refractivity contribution is 5.96. The van der Waals surface area contributed by atoms with Crippen molar-refractivity contribution in [1.82, 2.24) is 4.57 Å². The smallest absolute Gasteiger partial charge is 0.308 e. The summed E-state index contributed by atoms with van der Waals surface area (Å²) in [4.78, 5) is 23.0. The first kappa shape index (κ1) is 23.1. The lowest BCUT2D eigenvalue weighted by atomic mass is 10.1. The molecule has 0 atom stereocenters. The molecule has 2 aromatic carbocycles. The number of aryl methyl sites for hydroxylation is 1. The van der Waals surface area contributed by atoms with Gasteiger partial charge in [0.25, 0.3) is 0 Å². The zero-order valence-electron chi connectivity index (χ0n) is 18.3. The number of hydrogen-bond donors (Lipinski definition) is 2. The quantitative estimate of drug-likeness (QED) is 0.376. The molecule has 0 aliphatic heterocycles. The molecule has 3 rings (SSSR count). The summed E-state index contributed by atoms with van der Waals surface area (Å²) in [6, 6.07) is 11.3. The molecule has 1 aromatic heterocycles. The van der Waals surface area contributed by atoms with Gasteiger partial charge in [0.2, 0.25) is 0 Å². The van der Waals surface area contributed by atoms with Crippen LogP contribution in [-0.4, -0.2) is 21.7 Å². The van der Waals surface area contributed by atoms with Crippen molar-refractivity contribution in [1.29, 1.82) is 0 Å². The topological polar surface area (TPSA) is 94.4 Å². The molecule has 30 heavy (non-hydrogen) atoms. The number of fused-ring (bicyclic) bond motifs is 1. The van der Waals surface area contributed by atoms with Crippen LogP contribution >= 0.6 is 0 Å². The number of hydrogen-bond acceptors (Lipinski definition) is 5. The Balaban J connectivity index is 0.00000155. The minimum Gasteiger partial charge on any atom is -0.461 e. The fourth-order valence-electron chi connectivity index (χ4n) is 3.32. The van der Waals surface area contributed by atoms with Crippen molar-refractivity contribution in [2.75, 3.05) is 0 Å². The average Bonchev–Trinajstić information content (AvgIpc) is 3.00. The van der Waals surface area contributed by atoms with E-state index in [1.165, 1.54) is 13.8 Å². The second-order valence-electron chi connectivity index (χ2n) is 6.61. The van der Waals surface area contributed by atoms with E-state index in [-0.39, 0.29) is 6.61 Å². The van der Waals surface area contributed by atoms with Gasteiger partial charge in [0.05, 0.1) is 22.2 Å². The molecule has 1 heterocycles. The summed E-state index contributed by atoms with van der Waals surface area (Å²) in [5, 5.41) is 10.6. The lowest BCUT2D eigenvalue weighted by molar-refractivity contribution is -0.825. The van der Waals surface area contributed by atoms with Crippen molar-refractivity contribution < 1.29 is 29.8 Å². The molecule has 0 unspecified atom stereocenters. The predicted octanol–water partition coefficient (Wildman–Crippen LogP) is 3.85. The lowest BCUT2D eigenvalue weighted by Crippen LogP contribution is -2.74. The molecule has 0 radical (unpaired) electrons. The van der Waals surface area contributed by atoms with Crippen LogP contribution in [0.2, 0.25) is 0 Å². The third kappa shape index (κ3) is 4.69. The van der Waals surface area contributed by atoms with E-state index in [0.29, 0.717) is 22.5 Å². The number of ether oxygens (including phenoxy) is 2. The van der Waals surface area contributed by atoms with Gasteiger partial charge in [-0.2, -0.15) is 5.48 Å². The van der Waals surface area contributed by atoms with Crippen molar-refractivity contribution in [2.45, 2.75) is 48.1 Å². The monoisotopic (exact) mass is 413 g/mol. The Bertz CT molecular complexity index is 1050. The van der Waals surface area contributed by atoms with Gasteiger partial charge in [-0.3, -0.25) is 9.59 Å². The van der Waals surface area contributed by atoms with E-state index in [1.807, 2.05) is 56.5 Å². The Hall–Kier alpha value is -3.16. The molecule has 0 amide bonds. The van der Waals surface area contributed by atoms with Gasteiger partial charge < -0.3 is 14.0 Å². The minimum atomic E-state index is -0.470. The molecule has 0 aliphatic carbocycles. The highest BCUT2D eigenvalue weighted by atomic mass is 16.5. The summed E-state index contributed by atoms with van der Waals surface area (Å²) in [5.74, 6) is -0.593. The molecule has 3 aromatic rings.